The van der Waals surface area contributed by atoms with E-state index < -0.39 is 0 Å². The lowest BCUT2D eigenvalue weighted by Gasteiger charge is -2.18. The summed E-state index contributed by atoms with van der Waals surface area (Å²) in [6, 6.07) is 4.55. The minimum Gasteiger partial charge on any atom is -0.358 e. The molecule has 0 amide bonds. The molecule has 0 spiro atoms. The zero-order chi connectivity index (χ0) is 11.3. The normalized spacial score (nSPS) is 20.1. The fraction of sp³-hybridized carbons (Fsp3) is 0.467. The SMILES string of the molecule is Cc1ccc2c3c([nH]c2c1C)C(C)CCC3. The summed E-state index contributed by atoms with van der Waals surface area (Å²) in [5.41, 5.74) is 7.25. The Bertz CT molecular complexity index is 548. The number of aromatic nitrogens is 1. The summed E-state index contributed by atoms with van der Waals surface area (Å²) >= 11 is 0. The van der Waals surface area contributed by atoms with E-state index >= 15 is 0 Å². The van der Waals surface area contributed by atoms with Crippen LogP contribution < -0.4 is 0 Å². The van der Waals surface area contributed by atoms with Gasteiger partial charge in [0.25, 0.3) is 0 Å². The number of nitrogens with one attached hydrogen (secondary N) is 1. The zero-order valence-corrected chi connectivity index (χ0v) is 10.4. The van der Waals surface area contributed by atoms with Crippen molar-refractivity contribution in [2.45, 2.75) is 46.0 Å². The van der Waals surface area contributed by atoms with Gasteiger partial charge in [0.15, 0.2) is 0 Å². The Balaban J connectivity index is 2.35. The molecule has 0 radical (unpaired) electrons. The summed E-state index contributed by atoms with van der Waals surface area (Å²) in [5.74, 6) is 0.704. The highest BCUT2D eigenvalue weighted by molar-refractivity contribution is 5.88. The molecule has 1 aliphatic carbocycles. The molecule has 1 aromatic heterocycles. The Hall–Kier alpha value is -1.24. The molecule has 84 valence electrons. The van der Waals surface area contributed by atoms with E-state index in [2.05, 4.69) is 37.9 Å². The van der Waals surface area contributed by atoms with E-state index in [1.807, 2.05) is 0 Å². The van der Waals surface area contributed by atoms with Gasteiger partial charge in [-0.25, -0.2) is 0 Å². The molecule has 0 bridgehead atoms. The van der Waals surface area contributed by atoms with Gasteiger partial charge in [0.2, 0.25) is 0 Å². The van der Waals surface area contributed by atoms with E-state index in [-0.39, 0.29) is 0 Å². The summed E-state index contributed by atoms with van der Waals surface area (Å²) in [7, 11) is 0. The third-order valence-electron chi connectivity index (χ3n) is 4.20. The van der Waals surface area contributed by atoms with E-state index in [9.17, 15) is 0 Å². The van der Waals surface area contributed by atoms with Crippen molar-refractivity contribution < 1.29 is 0 Å². The molecule has 1 aliphatic rings. The largest absolute Gasteiger partial charge is 0.358 e. The van der Waals surface area contributed by atoms with Gasteiger partial charge in [0.05, 0.1) is 0 Å². The van der Waals surface area contributed by atoms with Crippen LogP contribution in [0.4, 0.5) is 0 Å². The predicted molar refractivity (Wildman–Crippen MR) is 69.1 cm³/mol. The van der Waals surface area contributed by atoms with Crippen molar-refractivity contribution >= 4 is 10.9 Å². The van der Waals surface area contributed by atoms with Crippen molar-refractivity contribution in [3.05, 3.63) is 34.5 Å². The van der Waals surface area contributed by atoms with Crippen LogP contribution in [0.5, 0.6) is 0 Å². The van der Waals surface area contributed by atoms with Gasteiger partial charge in [-0.2, -0.15) is 0 Å². The number of fused-ring (bicyclic) bond motifs is 3. The minimum absolute atomic E-state index is 0.704. The molecular weight excluding hydrogens is 194 g/mol. The van der Waals surface area contributed by atoms with Crippen LogP contribution in [0.2, 0.25) is 0 Å². The van der Waals surface area contributed by atoms with Crippen LogP contribution in [0.25, 0.3) is 10.9 Å². The van der Waals surface area contributed by atoms with Crippen LogP contribution in [0, 0.1) is 13.8 Å². The Morgan fingerprint density at radius 2 is 2.06 bits per heavy atom. The van der Waals surface area contributed by atoms with Gasteiger partial charge < -0.3 is 4.98 Å². The second-order valence-corrected chi connectivity index (χ2v) is 5.24. The topological polar surface area (TPSA) is 15.8 Å². The number of H-pyrrole nitrogens is 1. The van der Waals surface area contributed by atoms with Gasteiger partial charge in [0.1, 0.15) is 0 Å². The third kappa shape index (κ3) is 1.24. The second kappa shape index (κ2) is 3.38. The molecule has 1 aromatic carbocycles. The molecule has 1 heterocycles. The smallest absolute Gasteiger partial charge is 0.0491 e. The molecule has 0 fully saturated rings. The second-order valence-electron chi connectivity index (χ2n) is 5.24. The maximum Gasteiger partial charge on any atom is 0.0491 e. The summed E-state index contributed by atoms with van der Waals surface area (Å²) < 4.78 is 0. The molecule has 2 aromatic rings. The van der Waals surface area contributed by atoms with Crippen LogP contribution >= 0.6 is 0 Å². The van der Waals surface area contributed by atoms with Crippen molar-refractivity contribution in [2.75, 3.05) is 0 Å². The van der Waals surface area contributed by atoms with E-state index in [0.29, 0.717) is 5.92 Å². The zero-order valence-electron chi connectivity index (χ0n) is 10.4. The van der Waals surface area contributed by atoms with Gasteiger partial charge >= 0.3 is 0 Å². The quantitative estimate of drug-likeness (QED) is 0.674. The number of rotatable bonds is 0. The first-order chi connectivity index (χ1) is 7.68. The van der Waals surface area contributed by atoms with Crippen molar-refractivity contribution in [1.29, 1.82) is 0 Å². The van der Waals surface area contributed by atoms with Gasteiger partial charge in [0, 0.05) is 16.6 Å². The average molecular weight is 213 g/mol. The minimum atomic E-state index is 0.704. The monoisotopic (exact) mass is 213 g/mol. The highest BCUT2D eigenvalue weighted by Crippen LogP contribution is 2.36. The molecule has 16 heavy (non-hydrogen) atoms. The van der Waals surface area contributed by atoms with E-state index in [0.717, 1.165) is 0 Å². The lowest BCUT2D eigenvalue weighted by atomic mass is 9.88. The summed E-state index contributed by atoms with van der Waals surface area (Å²) in [5, 5.41) is 1.46. The number of aromatic amines is 1. The molecule has 3 rings (SSSR count). The first kappa shape index (κ1) is 9.95. The molecule has 1 N–H and O–H groups in total. The molecule has 1 heteroatoms. The third-order valence-corrected chi connectivity index (χ3v) is 4.20. The van der Waals surface area contributed by atoms with E-state index in [1.165, 1.54) is 47.0 Å². The Morgan fingerprint density at radius 1 is 1.25 bits per heavy atom. The number of aryl methyl sites for hydroxylation is 3. The maximum absolute atomic E-state index is 3.67. The maximum atomic E-state index is 3.67. The first-order valence-corrected chi connectivity index (χ1v) is 6.29. The van der Waals surface area contributed by atoms with Crippen LogP contribution in [-0.4, -0.2) is 4.98 Å². The summed E-state index contributed by atoms with van der Waals surface area (Å²) in [4.78, 5) is 3.67. The summed E-state index contributed by atoms with van der Waals surface area (Å²) in [6.45, 7) is 6.76. The number of hydrogen-bond acceptors (Lipinski definition) is 0. The van der Waals surface area contributed by atoms with Crippen LogP contribution in [0.1, 0.15) is 48.1 Å². The molecule has 1 unspecified atom stereocenters. The molecule has 0 saturated carbocycles. The highest BCUT2D eigenvalue weighted by Gasteiger charge is 2.21. The van der Waals surface area contributed by atoms with Crippen LogP contribution in [0.3, 0.4) is 0 Å². The number of benzene rings is 1. The first-order valence-electron chi connectivity index (χ1n) is 6.29. The molecule has 0 aliphatic heterocycles. The van der Waals surface area contributed by atoms with Crippen molar-refractivity contribution in [3.63, 3.8) is 0 Å². The van der Waals surface area contributed by atoms with E-state index in [1.54, 1.807) is 5.56 Å². The average Bonchev–Trinajstić information content (AvgIpc) is 2.65. The summed E-state index contributed by atoms with van der Waals surface area (Å²) in [6.07, 6.45) is 3.92. The van der Waals surface area contributed by atoms with Gasteiger partial charge in [-0.1, -0.05) is 19.1 Å². The Morgan fingerprint density at radius 3 is 2.88 bits per heavy atom. The van der Waals surface area contributed by atoms with Gasteiger partial charge in [-0.15, -0.1) is 0 Å². The van der Waals surface area contributed by atoms with Crippen LogP contribution in [-0.2, 0) is 6.42 Å². The molecular formula is C15H19N. The van der Waals surface area contributed by atoms with Crippen molar-refractivity contribution in [1.82, 2.24) is 4.98 Å². The van der Waals surface area contributed by atoms with Crippen molar-refractivity contribution in [2.24, 2.45) is 0 Å². The van der Waals surface area contributed by atoms with E-state index in [4.69, 9.17) is 0 Å². The molecule has 0 saturated heterocycles. The number of hydrogen-bond donors (Lipinski definition) is 1. The molecule has 1 nitrogen and oxygen atoms in total. The standard InChI is InChI=1S/C15H19N/c1-9-7-8-13-12-6-4-5-10(2)14(12)16-15(13)11(9)3/h7-8,10,16H,4-6H2,1-3H3. The molecule has 1 atom stereocenters. The lowest BCUT2D eigenvalue weighted by Crippen LogP contribution is -2.05. The predicted octanol–water partition coefficient (Wildman–Crippen LogP) is 4.22. The fourth-order valence-electron chi connectivity index (χ4n) is 3.00. The lowest BCUT2D eigenvalue weighted by molar-refractivity contribution is 0.582. The Kier molecular flexibility index (Phi) is 2.10. The van der Waals surface area contributed by atoms with Crippen molar-refractivity contribution in [3.8, 4) is 0 Å². The van der Waals surface area contributed by atoms with Gasteiger partial charge in [-0.3, -0.25) is 0 Å². The Labute approximate surface area is 96.9 Å². The van der Waals surface area contributed by atoms with Gasteiger partial charge in [-0.05, 0) is 55.7 Å². The van der Waals surface area contributed by atoms with Crippen LogP contribution in [0.15, 0.2) is 12.1 Å². The highest BCUT2D eigenvalue weighted by atomic mass is 14.7. The fourth-order valence-corrected chi connectivity index (χ4v) is 3.00.